The molecular weight excluding hydrogens is 360 g/mol. The van der Waals surface area contributed by atoms with Crippen LogP contribution in [0.5, 0.6) is 0 Å². The molecule has 0 amide bonds. The summed E-state index contributed by atoms with van der Waals surface area (Å²) in [5, 5.41) is 14.8. The van der Waals surface area contributed by atoms with Crippen molar-refractivity contribution in [3.8, 4) is 0 Å². The lowest BCUT2D eigenvalue weighted by molar-refractivity contribution is -0.159. The Balaban J connectivity index is 0.000000487. The van der Waals surface area contributed by atoms with Crippen LogP contribution in [0.15, 0.2) is 24.3 Å². The van der Waals surface area contributed by atoms with E-state index in [1.165, 1.54) is 11.1 Å². The molecule has 1 aliphatic rings. The SMILES string of the molecule is CCCS(=O)(=O)N1CCN(Cc2cccc(C)c2)CC1.O=C(O)C(=O)O. The van der Waals surface area contributed by atoms with Gasteiger partial charge in [0.25, 0.3) is 0 Å². The first-order valence-electron chi connectivity index (χ1n) is 8.37. The molecule has 1 heterocycles. The highest BCUT2D eigenvalue weighted by atomic mass is 32.2. The standard InChI is InChI=1S/C15H24N2O2S.C2H2O4/c1-3-11-20(18,19)17-9-7-16(8-10-17)13-15-6-4-5-14(2)12-15;3-1(4)2(5)6/h4-6,12H,3,7-11,13H2,1-2H3;(H,3,4)(H,5,6). The van der Waals surface area contributed by atoms with Gasteiger partial charge in [0.15, 0.2) is 0 Å². The van der Waals surface area contributed by atoms with Crippen LogP contribution in [0.25, 0.3) is 0 Å². The van der Waals surface area contributed by atoms with Crippen molar-refractivity contribution in [2.24, 2.45) is 0 Å². The molecule has 2 rings (SSSR count). The van der Waals surface area contributed by atoms with Crippen molar-refractivity contribution in [2.75, 3.05) is 31.9 Å². The predicted octanol–water partition coefficient (Wildman–Crippen LogP) is 1.01. The fraction of sp³-hybridized carbons (Fsp3) is 0.529. The molecule has 1 fully saturated rings. The Bertz CT molecular complexity index is 700. The maximum absolute atomic E-state index is 12.0. The number of hydrogen-bond donors (Lipinski definition) is 2. The summed E-state index contributed by atoms with van der Waals surface area (Å²) in [4.78, 5) is 20.5. The summed E-state index contributed by atoms with van der Waals surface area (Å²) >= 11 is 0. The zero-order chi connectivity index (χ0) is 19.7. The molecule has 0 aromatic heterocycles. The number of aryl methyl sites for hydroxylation is 1. The monoisotopic (exact) mass is 386 g/mol. The number of nitrogens with zero attached hydrogens (tertiary/aromatic N) is 2. The first-order chi connectivity index (χ1) is 12.2. The lowest BCUT2D eigenvalue weighted by Gasteiger charge is -2.34. The highest BCUT2D eigenvalue weighted by Crippen LogP contribution is 2.13. The van der Waals surface area contributed by atoms with Gasteiger partial charge in [0.05, 0.1) is 5.75 Å². The van der Waals surface area contributed by atoms with Gasteiger partial charge < -0.3 is 10.2 Å². The maximum Gasteiger partial charge on any atom is 0.414 e. The third-order valence-electron chi connectivity index (χ3n) is 3.86. The molecule has 2 N–H and O–H groups in total. The molecule has 26 heavy (non-hydrogen) atoms. The van der Waals surface area contributed by atoms with Crippen molar-refractivity contribution in [1.82, 2.24) is 9.21 Å². The van der Waals surface area contributed by atoms with Gasteiger partial charge >= 0.3 is 11.9 Å². The third-order valence-corrected chi connectivity index (χ3v) is 5.93. The van der Waals surface area contributed by atoms with Gasteiger partial charge in [-0.2, -0.15) is 4.31 Å². The molecule has 0 bridgehead atoms. The maximum atomic E-state index is 12.0. The molecular formula is C17H26N2O6S. The summed E-state index contributed by atoms with van der Waals surface area (Å²) in [5.74, 6) is -3.38. The molecule has 0 saturated carbocycles. The van der Waals surface area contributed by atoms with Gasteiger partial charge in [0.2, 0.25) is 10.0 Å². The molecule has 9 heteroatoms. The van der Waals surface area contributed by atoms with Gasteiger partial charge in [-0.15, -0.1) is 0 Å². The van der Waals surface area contributed by atoms with Gasteiger partial charge in [-0.25, -0.2) is 18.0 Å². The topological polar surface area (TPSA) is 115 Å². The molecule has 1 aromatic carbocycles. The Hall–Kier alpha value is -1.97. The number of carbonyl (C=O) groups is 2. The third kappa shape index (κ3) is 7.51. The van der Waals surface area contributed by atoms with E-state index < -0.39 is 22.0 Å². The summed E-state index contributed by atoms with van der Waals surface area (Å²) in [6, 6.07) is 8.50. The van der Waals surface area contributed by atoms with Crippen molar-refractivity contribution in [2.45, 2.75) is 26.8 Å². The van der Waals surface area contributed by atoms with Gasteiger partial charge in [0.1, 0.15) is 0 Å². The Morgan fingerprint density at radius 1 is 1.08 bits per heavy atom. The van der Waals surface area contributed by atoms with Crippen molar-refractivity contribution in [3.63, 3.8) is 0 Å². The van der Waals surface area contributed by atoms with Gasteiger partial charge in [-0.3, -0.25) is 4.90 Å². The van der Waals surface area contributed by atoms with E-state index in [0.29, 0.717) is 19.5 Å². The fourth-order valence-electron chi connectivity index (χ4n) is 2.62. The summed E-state index contributed by atoms with van der Waals surface area (Å²) in [6.45, 7) is 7.78. The molecule has 1 aliphatic heterocycles. The fourth-order valence-corrected chi connectivity index (χ4v) is 4.12. The Morgan fingerprint density at radius 3 is 2.12 bits per heavy atom. The number of piperazine rings is 1. The van der Waals surface area contributed by atoms with Crippen LogP contribution in [0.4, 0.5) is 0 Å². The van der Waals surface area contributed by atoms with E-state index in [0.717, 1.165) is 19.6 Å². The molecule has 0 unspecified atom stereocenters. The van der Waals surface area contributed by atoms with E-state index >= 15 is 0 Å². The molecule has 0 atom stereocenters. The molecule has 1 saturated heterocycles. The Labute approximate surface area is 154 Å². The van der Waals surface area contributed by atoms with E-state index in [2.05, 4.69) is 36.1 Å². The van der Waals surface area contributed by atoms with Crippen molar-refractivity contribution in [3.05, 3.63) is 35.4 Å². The first kappa shape index (κ1) is 22.1. The van der Waals surface area contributed by atoms with Crippen LogP contribution in [0.1, 0.15) is 24.5 Å². The van der Waals surface area contributed by atoms with E-state index in [-0.39, 0.29) is 5.75 Å². The predicted molar refractivity (Wildman–Crippen MR) is 97.4 cm³/mol. The second kappa shape index (κ2) is 10.2. The number of carboxylic acid groups (broad SMARTS) is 2. The van der Waals surface area contributed by atoms with Crippen LogP contribution >= 0.6 is 0 Å². The summed E-state index contributed by atoms with van der Waals surface area (Å²) in [6.07, 6.45) is 0.686. The summed E-state index contributed by atoms with van der Waals surface area (Å²) < 4.78 is 25.6. The molecule has 0 spiro atoms. The summed E-state index contributed by atoms with van der Waals surface area (Å²) in [7, 11) is -3.03. The molecule has 8 nitrogen and oxygen atoms in total. The van der Waals surface area contributed by atoms with E-state index in [1.807, 2.05) is 6.92 Å². The highest BCUT2D eigenvalue weighted by Gasteiger charge is 2.25. The van der Waals surface area contributed by atoms with Crippen molar-refractivity contribution >= 4 is 22.0 Å². The lowest BCUT2D eigenvalue weighted by Crippen LogP contribution is -2.48. The number of aliphatic carboxylic acids is 2. The molecule has 0 radical (unpaired) electrons. The van der Waals surface area contributed by atoms with Gasteiger partial charge in [-0.05, 0) is 18.9 Å². The largest absolute Gasteiger partial charge is 0.473 e. The minimum Gasteiger partial charge on any atom is -0.473 e. The van der Waals surface area contributed by atoms with Crippen LogP contribution in [0, 0.1) is 6.92 Å². The van der Waals surface area contributed by atoms with Gasteiger partial charge in [-0.1, -0.05) is 36.8 Å². The van der Waals surface area contributed by atoms with Crippen LogP contribution in [-0.2, 0) is 26.2 Å². The minimum atomic E-state index is -3.03. The number of rotatable bonds is 5. The normalized spacial score (nSPS) is 15.8. The second-order valence-electron chi connectivity index (χ2n) is 6.09. The number of benzene rings is 1. The zero-order valence-electron chi connectivity index (χ0n) is 15.1. The van der Waals surface area contributed by atoms with E-state index in [9.17, 15) is 8.42 Å². The summed E-state index contributed by atoms with van der Waals surface area (Å²) in [5.41, 5.74) is 2.57. The number of sulfonamides is 1. The van der Waals surface area contributed by atoms with Gasteiger partial charge in [0, 0.05) is 32.7 Å². The van der Waals surface area contributed by atoms with E-state index in [1.54, 1.807) is 4.31 Å². The second-order valence-corrected chi connectivity index (χ2v) is 8.18. The zero-order valence-corrected chi connectivity index (χ0v) is 15.9. The lowest BCUT2D eigenvalue weighted by atomic mass is 10.1. The van der Waals surface area contributed by atoms with Crippen molar-refractivity contribution in [1.29, 1.82) is 0 Å². The van der Waals surface area contributed by atoms with Crippen LogP contribution in [-0.4, -0.2) is 71.7 Å². The molecule has 1 aromatic rings. The minimum absolute atomic E-state index is 0.269. The quantitative estimate of drug-likeness (QED) is 0.726. The molecule has 0 aliphatic carbocycles. The van der Waals surface area contributed by atoms with E-state index in [4.69, 9.17) is 19.8 Å². The first-order valence-corrected chi connectivity index (χ1v) is 9.98. The average Bonchev–Trinajstić information content (AvgIpc) is 2.56. The average molecular weight is 386 g/mol. The number of carboxylic acids is 2. The highest BCUT2D eigenvalue weighted by molar-refractivity contribution is 7.89. The van der Waals surface area contributed by atoms with Crippen LogP contribution in [0.3, 0.4) is 0 Å². The van der Waals surface area contributed by atoms with Crippen molar-refractivity contribution < 1.29 is 28.2 Å². The Morgan fingerprint density at radius 2 is 1.65 bits per heavy atom. The van der Waals surface area contributed by atoms with Crippen LogP contribution in [0.2, 0.25) is 0 Å². The Kier molecular flexibility index (Phi) is 8.70. The van der Waals surface area contributed by atoms with Crippen LogP contribution < -0.4 is 0 Å². The molecule has 146 valence electrons. The smallest absolute Gasteiger partial charge is 0.414 e. The number of hydrogen-bond acceptors (Lipinski definition) is 5.